The molecule has 2 aromatic rings. The molecule has 0 saturated carbocycles. The van der Waals surface area contributed by atoms with Crippen LogP contribution in [0.5, 0.6) is 0 Å². The third kappa shape index (κ3) is 3.72. The molecule has 0 fully saturated rings. The van der Waals surface area contributed by atoms with Crippen LogP contribution in [0.25, 0.3) is 0 Å². The van der Waals surface area contributed by atoms with E-state index in [0.29, 0.717) is 16.8 Å². The zero-order valence-corrected chi connectivity index (χ0v) is 13.2. The highest BCUT2D eigenvalue weighted by Gasteiger charge is 2.13. The third-order valence-corrected chi connectivity index (χ3v) is 3.75. The minimum atomic E-state index is 0.347. The standard InChI is InChI=1S/C13H19N7S/c1-4-5-10-19-11(16-3)7(2)12(20-10)21-13-17-8(14)6-9(15)18-13/h6H,4-5H2,1-3H3,(H,16,19,20)(H4,14,15,17,18). The molecule has 2 rings (SSSR count). The van der Waals surface area contributed by atoms with E-state index in [0.717, 1.165) is 35.1 Å². The molecule has 8 heteroatoms. The predicted molar refractivity (Wildman–Crippen MR) is 85.3 cm³/mol. The summed E-state index contributed by atoms with van der Waals surface area (Å²) in [4.78, 5) is 17.4. The van der Waals surface area contributed by atoms with Gasteiger partial charge < -0.3 is 16.8 Å². The molecule has 21 heavy (non-hydrogen) atoms. The van der Waals surface area contributed by atoms with Gasteiger partial charge in [-0.3, -0.25) is 0 Å². The van der Waals surface area contributed by atoms with Crippen LogP contribution in [0.3, 0.4) is 0 Å². The first-order valence-corrected chi connectivity index (χ1v) is 7.48. The maximum Gasteiger partial charge on any atom is 0.197 e. The van der Waals surface area contributed by atoms with Gasteiger partial charge in [0.15, 0.2) is 5.16 Å². The molecule has 0 spiro atoms. The number of nitrogen functional groups attached to an aromatic ring is 2. The molecule has 2 heterocycles. The maximum absolute atomic E-state index is 5.70. The van der Waals surface area contributed by atoms with E-state index in [1.54, 1.807) is 0 Å². The van der Waals surface area contributed by atoms with Crippen LogP contribution in [0, 0.1) is 6.92 Å². The van der Waals surface area contributed by atoms with Gasteiger partial charge in [-0.2, -0.15) is 0 Å². The Kier molecular flexibility index (Phi) is 4.79. The van der Waals surface area contributed by atoms with Crippen LogP contribution in [0.2, 0.25) is 0 Å². The highest BCUT2D eigenvalue weighted by atomic mass is 32.2. The number of nitrogens with zero attached hydrogens (tertiary/aromatic N) is 4. The first kappa shape index (κ1) is 15.3. The molecule has 0 bridgehead atoms. The van der Waals surface area contributed by atoms with Crippen molar-refractivity contribution < 1.29 is 0 Å². The first-order valence-electron chi connectivity index (χ1n) is 6.66. The van der Waals surface area contributed by atoms with Crippen LogP contribution >= 0.6 is 11.8 Å². The quantitative estimate of drug-likeness (QED) is 0.566. The van der Waals surface area contributed by atoms with Gasteiger partial charge in [-0.15, -0.1) is 0 Å². The van der Waals surface area contributed by atoms with E-state index in [1.807, 2.05) is 14.0 Å². The molecule has 112 valence electrons. The molecule has 0 unspecified atom stereocenters. The average Bonchev–Trinajstić information content (AvgIpc) is 2.41. The Balaban J connectivity index is 2.39. The largest absolute Gasteiger partial charge is 0.383 e. The van der Waals surface area contributed by atoms with Gasteiger partial charge in [-0.05, 0) is 25.1 Å². The first-order chi connectivity index (χ1) is 10.0. The summed E-state index contributed by atoms with van der Waals surface area (Å²) in [7, 11) is 1.84. The molecule has 0 aliphatic carbocycles. The maximum atomic E-state index is 5.70. The molecule has 0 aromatic carbocycles. The number of aryl methyl sites for hydroxylation is 1. The summed E-state index contributed by atoms with van der Waals surface area (Å²) in [5.41, 5.74) is 12.3. The minimum absolute atomic E-state index is 0.347. The Morgan fingerprint density at radius 2 is 1.81 bits per heavy atom. The number of nitrogens with two attached hydrogens (primary N) is 2. The highest BCUT2D eigenvalue weighted by Crippen LogP contribution is 2.30. The van der Waals surface area contributed by atoms with E-state index in [9.17, 15) is 0 Å². The van der Waals surface area contributed by atoms with Crippen molar-refractivity contribution in [2.75, 3.05) is 23.8 Å². The van der Waals surface area contributed by atoms with Crippen molar-refractivity contribution in [3.63, 3.8) is 0 Å². The van der Waals surface area contributed by atoms with Crippen molar-refractivity contribution in [3.05, 3.63) is 17.5 Å². The summed E-state index contributed by atoms with van der Waals surface area (Å²) in [5, 5.41) is 4.38. The number of hydrogen-bond donors (Lipinski definition) is 3. The minimum Gasteiger partial charge on any atom is -0.383 e. The number of anilines is 3. The van der Waals surface area contributed by atoms with Crippen LogP contribution in [0.4, 0.5) is 17.5 Å². The lowest BCUT2D eigenvalue weighted by molar-refractivity contribution is 0.802. The van der Waals surface area contributed by atoms with Gasteiger partial charge in [0.05, 0.1) is 0 Å². The molecule has 0 radical (unpaired) electrons. The molecule has 0 amide bonds. The van der Waals surface area contributed by atoms with Crippen LogP contribution in [-0.2, 0) is 6.42 Å². The van der Waals surface area contributed by atoms with Gasteiger partial charge in [0, 0.05) is 25.1 Å². The van der Waals surface area contributed by atoms with E-state index in [-0.39, 0.29) is 0 Å². The number of aromatic nitrogens is 4. The fraction of sp³-hybridized carbons (Fsp3) is 0.385. The smallest absolute Gasteiger partial charge is 0.197 e. The second-order valence-corrected chi connectivity index (χ2v) is 5.48. The van der Waals surface area contributed by atoms with Crippen molar-refractivity contribution in [2.45, 2.75) is 36.9 Å². The summed E-state index contributed by atoms with van der Waals surface area (Å²) in [6.45, 7) is 4.05. The van der Waals surface area contributed by atoms with Gasteiger partial charge in [0.1, 0.15) is 28.3 Å². The monoisotopic (exact) mass is 305 g/mol. The Morgan fingerprint density at radius 1 is 1.14 bits per heavy atom. The molecule has 5 N–H and O–H groups in total. The summed E-state index contributed by atoms with van der Waals surface area (Å²) in [6, 6.07) is 1.53. The summed E-state index contributed by atoms with van der Waals surface area (Å²) >= 11 is 1.34. The van der Waals surface area contributed by atoms with Gasteiger partial charge >= 0.3 is 0 Å². The molecule has 2 aromatic heterocycles. The van der Waals surface area contributed by atoms with Crippen molar-refractivity contribution in [2.24, 2.45) is 0 Å². The topological polar surface area (TPSA) is 116 Å². The Labute approximate surface area is 128 Å². The molecular formula is C13H19N7S. The normalized spacial score (nSPS) is 10.6. The van der Waals surface area contributed by atoms with Crippen LogP contribution < -0.4 is 16.8 Å². The lowest BCUT2D eigenvalue weighted by Crippen LogP contribution is -2.05. The van der Waals surface area contributed by atoms with Crippen LogP contribution in [-0.4, -0.2) is 27.0 Å². The van der Waals surface area contributed by atoms with E-state index < -0.39 is 0 Å². The van der Waals surface area contributed by atoms with E-state index in [2.05, 4.69) is 32.2 Å². The summed E-state index contributed by atoms with van der Waals surface area (Å²) in [6.07, 6.45) is 1.81. The Hall–Kier alpha value is -2.09. The highest BCUT2D eigenvalue weighted by molar-refractivity contribution is 7.99. The van der Waals surface area contributed by atoms with E-state index >= 15 is 0 Å². The second-order valence-electron chi connectivity index (χ2n) is 4.52. The summed E-state index contributed by atoms with van der Waals surface area (Å²) < 4.78 is 0. The summed E-state index contributed by atoms with van der Waals surface area (Å²) in [5.74, 6) is 2.30. The van der Waals surface area contributed by atoms with E-state index in [4.69, 9.17) is 11.5 Å². The fourth-order valence-corrected chi connectivity index (χ4v) is 2.69. The molecule has 0 aliphatic heterocycles. The molecular weight excluding hydrogens is 286 g/mol. The van der Waals surface area contributed by atoms with Crippen molar-refractivity contribution in [1.29, 1.82) is 0 Å². The van der Waals surface area contributed by atoms with Crippen LogP contribution in [0.1, 0.15) is 24.7 Å². The van der Waals surface area contributed by atoms with Gasteiger partial charge in [0.25, 0.3) is 0 Å². The zero-order valence-electron chi connectivity index (χ0n) is 12.3. The fourth-order valence-electron chi connectivity index (χ4n) is 1.81. The molecule has 7 nitrogen and oxygen atoms in total. The number of hydrogen-bond acceptors (Lipinski definition) is 8. The average molecular weight is 305 g/mol. The van der Waals surface area contributed by atoms with Gasteiger partial charge in [-0.1, -0.05) is 6.92 Å². The predicted octanol–water partition coefficient (Wildman–Crippen LogP) is 1.88. The SMILES string of the molecule is CCCc1nc(NC)c(C)c(Sc2nc(N)cc(N)n2)n1. The Bertz CT molecular complexity index is 624. The van der Waals surface area contributed by atoms with Crippen LogP contribution in [0.15, 0.2) is 16.2 Å². The number of nitrogens with one attached hydrogen (secondary N) is 1. The Morgan fingerprint density at radius 3 is 2.38 bits per heavy atom. The number of rotatable bonds is 5. The van der Waals surface area contributed by atoms with Crippen molar-refractivity contribution in [1.82, 2.24) is 19.9 Å². The molecule has 0 atom stereocenters. The van der Waals surface area contributed by atoms with Gasteiger partial charge in [0.2, 0.25) is 0 Å². The molecule has 0 aliphatic rings. The van der Waals surface area contributed by atoms with Crippen molar-refractivity contribution >= 4 is 29.2 Å². The zero-order chi connectivity index (χ0) is 15.4. The second kappa shape index (κ2) is 6.57. The lowest BCUT2D eigenvalue weighted by Gasteiger charge is -2.11. The van der Waals surface area contributed by atoms with E-state index in [1.165, 1.54) is 17.8 Å². The third-order valence-electron chi connectivity index (χ3n) is 2.79. The van der Waals surface area contributed by atoms with Gasteiger partial charge in [-0.25, -0.2) is 19.9 Å². The van der Waals surface area contributed by atoms with Crippen molar-refractivity contribution in [3.8, 4) is 0 Å². The lowest BCUT2D eigenvalue weighted by atomic mass is 10.3. The molecule has 0 saturated heterocycles.